The summed E-state index contributed by atoms with van der Waals surface area (Å²) in [6.07, 6.45) is 15.8. The molecule has 0 aliphatic carbocycles. The first-order valence-corrected chi connectivity index (χ1v) is 20.3. The summed E-state index contributed by atoms with van der Waals surface area (Å²) in [5.74, 6) is -0.305. The van der Waals surface area contributed by atoms with Gasteiger partial charge in [-0.25, -0.2) is 4.79 Å². The van der Waals surface area contributed by atoms with Gasteiger partial charge in [-0.1, -0.05) is 130 Å². The summed E-state index contributed by atoms with van der Waals surface area (Å²) in [5.41, 5.74) is 0. The Morgan fingerprint density at radius 2 is 1.39 bits per heavy atom. The molecule has 2 nitrogen and oxygen atoms in total. The summed E-state index contributed by atoms with van der Waals surface area (Å²) < 4.78 is 4.26. The highest BCUT2D eigenvalue weighted by atomic mass is 127. The zero-order chi connectivity index (χ0) is 17.6. The molecule has 0 rings (SSSR count). The lowest BCUT2D eigenvalue weighted by molar-refractivity contribution is -0.142. The van der Waals surface area contributed by atoms with Crippen LogP contribution in [-0.2, 0) is 9.53 Å². The van der Waals surface area contributed by atoms with Crippen LogP contribution in [0.25, 0.3) is 0 Å². The van der Waals surface area contributed by atoms with E-state index in [2.05, 4.69) is 72.0 Å². The van der Waals surface area contributed by atoms with Crippen molar-refractivity contribution in [1.82, 2.24) is 0 Å². The van der Waals surface area contributed by atoms with Crippen molar-refractivity contribution in [2.45, 2.75) is 89.7 Å². The molecule has 0 saturated heterocycles. The first-order chi connectivity index (χ1) is 10.8. The van der Waals surface area contributed by atoms with E-state index in [1.807, 2.05) is 6.92 Å². The van der Waals surface area contributed by atoms with Crippen LogP contribution >= 0.6 is 65.4 Å². The Balaban J connectivity index is 3.22. The van der Waals surface area contributed by atoms with E-state index in [1.165, 1.54) is 69.9 Å². The van der Waals surface area contributed by atoms with Crippen LogP contribution in [0.4, 0.5) is 0 Å². The van der Waals surface area contributed by atoms with Crippen LogP contribution in [0.1, 0.15) is 77.6 Å². The molecule has 0 aromatic rings. The van der Waals surface area contributed by atoms with E-state index in [0.717, 1.165) is 12.8 Å². The van der Waals surface area contributed by atoms with E-state index in [9.17, 15) is 4.79 Å². The van der Waals surface area contributed by atoms with Crippen LogP contribution in [0.5, 0.6) is 0 Å². The molecule has 23 heavy (non-hydrogen) atoms. The number of rotatable bonds is 15. The number of carbonyl (C=O) groups excluding carboxylic acids is 1. The molecular formula is C17H31I3O2Si. The number of hydrogen-bond donors (Lipinski definition) is 0. The van der Waals surface area contributed by atoms with Gasteiger partial charge in [-0.2, -0.15) is 0 Å². The van der Waals surface area contributed by atoms with Gasteiger partial charge in [-0.15, -0.1) is 0 Å². The van der Waals surface area contributed by atoms with Crippen LogP contribution in [0.2, 0.25) is 6.04 Å². The summed E-state index contributed by atoms with van der Waals surface area (Å²) in [7, 11) is 0. The first kappa shape index (κ1) is 24.6. The second kappa shape index (κ2) is 15.8. The van der Waals surface area contributed by atoms with Gasteiger partial charge in [0.2, 0.25) is 0 Å². The van der Waals surface area contributed by atoms with Crippen LogP contribution in [-0.4, -0.2) is 12.6 Å². The average molecular weight is 676 g/mol. The molecule has 0 aromatic heterocycles. The fraction of sp³-hybridized carbons (Fsp3) is 0.824. The topological polar surface area (TPSA) is 26.3 Å². The third-order valence-electron chi connectivity index (χ3n) is 3.80. The van der Waals surface area contributed by atoms with E-state index in [4.69, 9.17) is 4.74 Å². The fourth-order valence-corrected chi connectivity index (χ4v) is 6.56. The van der Waals surface area contributed by atoms with Crippen LogP contribution < -0.4 is 0 Å². The Hall–Kier alpha value is 1.62. The predicted octanol–water partition coefficient (Wildman–Crippen LogP) is 7.64. The molecule has 0 aliphatic heterocycles. The Bertz CT molecular complexity index is 319. The Morgan fingerprint density at radius 3 is 1.83 bits per heavy atom. The maximum Gasteiger partial charge on any atom is 0.330 e. The molecule has 0 aromatic carbocycles. The number of hydrogen-bond acceptors (Lipinski definition) is 2. The van der Waals surface area contributed by atoms with E-state index in [0.29, 0.717) is 0 Å². The molecule has 0 bridgehead atoms. The summed E-state index contributed by atoms with van der Waals surface area (Å²) >= 11 is 7.98. The fourth-order valence-electron chi connectivity index (χ4n) is 2.48. The SMILES string of the molecule is C=CC(=O)OC(C)CCCCCCCCCCCC[Si](I)(I)I. The van der Waals surface area contributed by atoms with Gasteiger partial charge in [0.1, 0.15) is 0 Å². The lowest BCUT2D eigenvalue weighted by Crippen LogP contribution is -2.12. The molecule has 0 heterocycles. The average Bonchev–Trinajstić information content (AvgIpc) is 2.47. The smallest absolute Gasteiger partial charge is 0.330 e. The number of ether oxygens (including phenoxy) is 1. The molecule has 1 unspecified atom stereocenters. The molecular weight excluding hydrogens is 645 g/mol. The molecule has 6 heteroatoms. The zero-order valence-electron chi connectivity index (χ0n) is 14.3. The minimum Gasteiger partial charge on any atom is -0.460 e. The van der Waals surface area contributed by atoms with Crippen molar-refractivity contribution >= 4 is 71.9 Å². The molecule has 1 atom stereocenters. The number of halogens is 3. The molecule has 0 spiro atoms. The maximum atomic E-state index is 11.0. The second-order valence-corrected chi connectivity index (χ2v) is 43.0. The number of unbranched alkanes of at least 4 members (excludes halogenated alkanes) is 9. The highest BCUT2D eigenvalue weighted by molar-refractivity contribution is 14.4. The lowest BCUT2D eigenvalue weighted by Gasteiger charge is -2.11. The summed E-state index contributed by atoms with van der Waals surface area (Å²) in [5, 5.41) is 0. The van der Waals surface area contributed by atoms with E-state index in [1.54, 1.807) is 0 Å². The normalized spacial score (nSPS) is 12.9. The summed E-state index contributed by atoms with van der Waals surface area (Å²) in [6.45, 7) is 5.37. The molecule has 0 aliphatic rings. The Morgan fingerprint density at radius 1 is 0.957 bits per heavy atom. The van der Waals surface area contributed by atoms with Crippen molar-refractivity contribution in [2.75, 3.05) is 0 Å². The lowest BCUT2D eigenvalue weighted by atomic mass is 10.0. The maximum absolute atomic E-state index is 11.0. The van der Waals surface area contributed by atoms with Crippen molar-refractivity contribution in [3.63, 3.8) is 0 Å². The minimum absolute atomic E-state index is 0.0231. The standard InChI is InChI=1S/C17H31I3O2Si/c1-3-17(21)22-16(2)14-12-10-8-6-4-5-7-9-11-13-15-23(18,19)20/h3,16H,1,4-15H2,2H3. The molecule has 0 saturated carbocycles. The van der Waals surface area contributed by atoms with E-state index < -0.39 is 0.564 Å². The van der Waals surface area contributed by atoms with E-state index in [-0.39, 0.29) is 12.1 Å². The van der Waals surface area contributed by atoms with Gasteiger partial charge in [0, 0.05) is 6.08 Å². The van der Waals surface area contributed by atoms with Gasteiger partial charge in [0.25, 0.3) is 0.564 Å². The molecule has 0 amide bonds. The van der Waals surface area contributed by atoms with Crippen LogP contribution in [0.15, 0.2) is 12.7 Å². The number of carbonyl (C=O) groups is 1. The largest absolute Gasteiger partial charge is 0.460 e. The third kappa shape index (κ3) is 19.8. The van der Waals surface area contributed by atoms with Crippen molar-refractivity contribution in [3.05, 3.63) is 12.7 Å². The number of esters is 1. The zero-order valence-corrected chi connectivity index (χ0v) is 21.8. The monoisotopic (exact) mass is 676 g/mol. The highest BCUT2D eigenvalue weighted by Crippen LogP contribution is 2.35. The van der Waals surface area contributed by atoms with Gasteiger partial charge in [-0.05, 0) is 25.8 Å². The third-order valence-corrected chi connectivity index (χ3v) is 9.58. The van der Waals surface area contributed by atoms with Crippen molar-refractivity contribution in [1.29, 1.82) is 0 Å². The van der Waals surface area contributed by atoms with Gasteiger partial charge >= 0.3 is 5.97 Å². The van der Waals surface area contributed by atoms with E-state index >= 15 is 0 Å². The quantitative estimate of drug-likeness (QED) is 0.0446. The highest BCUT2D eigenvalue weighted by Gasteiger charge is 2.19. The minimum atomic E-state index is -0.893. The first-order valence-electron chi connectivity index (χ1n) is 8.75. The molecule has 136 valence electrons. The summed E-state index contributed by atoms with van der Waals surface area (Å²) in [4.78, 5) is 11.0. The Labute approximate surface area is 182 Å². The van der Waals surface area contributed by atoms with Crippen molar-refractivity contribution < 1.29 is 9.53 Å². The van der Waals surface area contributed by atoms with Gasteiger partial charge in [0.05, 0.1) is 6.10 Å². The van der Waals surface area contributed by atoms with Gasteiger partial charge < -0.3 is 4.74 Å². The van der Waals surface area contributed by atoms with Gasteiger partial charge in [-0.3, -0.25) is 0 Å². The Kier molecular flexibility index (Phi) is 17.0. The van der Waals surface area contributed by atoms with Gasteiger partial charge in [0.15, 0.2) is 0 Å². The molecule has 0 radical (unpaired) electrons. The van der Waals surface area contributed by atoms with Crippen molar-refractivity contribution in [3.8, 4) is 0 Å². The molecule has 0 N–H and O–H groups in total. The summed E-state index contributed by atoms with van der Waals surface area (Å²) in [6, 6.07) is 1.45. The predicted molar refractivity (Wildman–Crippen MR) is 129 cm³/mol. The van der Waals surface area contributed by atoms with Crippen LogP contribution in [0, 0.1) is 0 Å². The second-order valence-electron chi connectivity index (χ2n) is 6.14. The van der Waals surface area contributed by atoms with Crippen molar-refractivity contribution in [2.24, 2.45) is 0 Å². The van der Waals surface area contributed by atoms with Crippen LogP contribution in [0.3, 0.4) is 0 Å². The molecule has 0 fully saturated rings.